The van der Waals surface area contributed by atoms with Crippen molar-refractivity contribution in [3.05, 3.63) is 76.3 Å². The molecule has 2 aromatic heterocycles. The summed E-state index contributed by atoms with van der Waals surface area (Å²) in [6.45, 7) is 9.97. The Bertz CT molecular complexity index is 1620. The van der Waals surface area contributed by atoms with Crippen LogP contribution in [0.5, 0.6) is 11.6 Å². The van der Waals surface area contributed by atoms with Gasteiger partial charge < -0.3 is 19.3 Å². The van der Waals surface area contributed by atoms with Crippen LogP contribution in [0.25, 0.3) is 27.9 Å². The van der Waals surface area contributed by atoms with E-state index in [9.17, 15) is 14.3 Å². The Labute approximate surface area is 237 Å². The normalized spacial score (nSPS) is 14.5. The smallest absolute Gasteiger partial charge is 0.332 e. The van der Waals surface area contributed by atoms with Gasteiger partial charge in [-0.05, 0) is 56.7 Å². The molecule has 40 heavy (non-hydrogen) atoms. The molecule has 0 aliphatic carbocycles. The van der Waals surface area contributed by atoms with E-state index in [1.807, 2.05) is 6.07 Å². The van der Waals surface area contributed by atoms with Crippen LogP contribution in [0.3, 0.4) is 0 Å². The molecule has 10 heteroatoms. The number of aryl methyl sites for hydroxylation is 1. The van der Waals surface area contributed by atoms with Crippen molar-refractivity contribution in [2.75, 3.05) is 38.2 Å². The summed E-state index contributed by atoms with van der Waals surface area (Å²) in [5.41, 5.74) is 2.77. The average molecular weight is 566 g/mol. The average Bonchev–Trinajstić information content (AvgIpc) is 3.26. The highest BCUT2D eigenvalue weighted by molar-refractivity contribution is 6.32. The number of piperazine rings is 1. The van der Waals surface area contributed by atoms with Gasteiger partial charge in [-0.2, -0.15) is 0 Å². The van der Waals surface area contributed by atoms with E-state index < -0.39 is 5.82 Å². The number of methoxy groups -OCH3 is 1. The molecule has 5 rings (SSSR count). The third kappa shape index (κ3) is 5.19. The van der Waals surface area contributed by atoms with Crippen LogP contribution in [-0.4, -0.2) is 63.0 Å². The van der Waals surface area contributed by atoms with Crippen LogP contribution < -0.4 is 15.3 Å². The van der Waals surface area contributed by atoms with Crippen LogP contribution in [0, 0.1) is 5.82 Å². The predicted octanol–water partition coefficient (Wildman–Crippen LogP) is 5.33. The Morgan fingerprint density at radius 3 is 2.23 bits per heavy atom. The number of aromatic hydroxyl groups is 1. The van der Waals surface area contributed by atoms with E-state index in [1.165, 1.54) is 21.3 Å². The number of aromatic nitrogens is 3. The van der Waals surface area contributed by atoms with Crippen molar-refractivity contribution in [2.24, 2.45) is 7.05 Å². The van der Waals surface area contributed by atoms with Crippen LogP contribution in [0.4, 0.5) is 10.1 Å². The lowest BCUT2D eigenvalue weighted by molar-refractivity contribution is 0.128. The van der Waals surface area contributed by atoms with Gasteiger partial charge in [0.25, 0.3) is 0 Å². The molecule has 4 aromatic rings. The Morgan fingerprint density at radius 2 is 1.65 bits per heavy atom. The summed E-state index contributed by atoms with van der Waals surface area (Å²) in [5.74, 6) is -0.140. The molecule has 0 spiro atoms. The minimum absolute atomic E-state index is 0.0815. The first kappa shape index (κ1) is 27.7. The van der Waals surface area contributed by atoms with E-state index in [0.717, 1.165) is 31.9 Å². The molecule has 1 aliphatic heterocycles. The van der Waals surface area contributed by atoms with Gasteiger partial charge in [0.05, 0.1) is 17.8 Å². The number of hydrogen-bond donors (Lipinski definition) is 1. The topological polar surface area (TPSA) is 75.8 Å². The van der Waals surface area contributed by atoms with Gasteiger partial charge in [0, 0.05) is 74.0 Å². The van der Waals surface area contributed by atoms with Crippen molar-refractivity contribution in [1.29, 1.82) is 0 Å². The number of anilines is 1. The van der Waals surface area contributed by atoms with Crippen molar-refractivity contribution in [3.63, 3.8) is 0 Å². The molecule has 0 radical (unpaired) electrons. The third-order valence-corrected chi connectivity index (χ3v) is 7.75. The summed E-state index contributed by atoms with van der Waals surface area (Å²) in [6, 6.07) is 9.43. The number of imidazole rings is 1. The fourth-order valence-electron chi connectivity index (χ4n) is 5.15. The van der Waals surface area contributed by atoms with Crippen molar-refractivity contribution >= 4 is 17.3 Å². The zero-order valence-corrected chi connectivity index (χ0v) is 24.0. The Morgan fingerprint density at radius 1 is 0.975 bits per heavy atom. The maximum Gasteiger partial charge on any atom is 0.332 e. The molecule has 0 saturated carbocycles. The van der Waals surface area contributed by atoms with E-state index in [0.29, 0.717) is 33.3 Å². The summed E-state index contributed by atoms with van der Waals surface area (Å²) in [5, 5.41) is 11.6. The van der Waals surface area contributed by atoms with Crippen molar-refractivity contribution in [2.45, 2.75) is 26.3 Å². The fraction of sp³-hybridized carbons (Fsp3) is 0.333. The highest BCUT2D eigenvalue weighted by atomic mass is 35.5. The fourth-order valence-corrected chi connectivity index (χ4v) is 5.42. The number of ether oxygens (including phenoxy) is 1. The number of nitrogens with zero attached hydrogens (tertiary/aromatic N) is 5. The number of phenols is 1. The van der Waals surface area contributed by atoms with E-state index >= 15 is 0 Å². The molecule has 8 nitrogen and oxygen atoms in total. The Balaban J connectivity index is 1.51. The van der Waals surface area contributed by atoms with Crippen LogP contribution in [-0.2, 0) is 7.05 Å². The molecule has 0 bridgehead atoms. The predicted molar refractivity (Wildman–Crippen MR) is 156 cm³/mol. The first-order chi connectivity index (χ1) is 19.0. The van der Waals surface area contributed by atoms with E-state index in [4.69, 9.17) is 16.3 Å². The second kappa shape index (κ2) is 10.6. The summed E-state index contributed by atoms with van der Waals surface area (Å²) < 4.78 is 23.4. The molecule has 1 fully saturated rings. The minimum Gasteiger partial charge on any atom is -0.507 e. The van der Waals surface area contributed by atoms with Crippen LogP contribution in [0.15, 0.2) is 59.8 Å². The first-order valence-corrected chi connectivity index (χ1v) is 13.5. The van der Waals surface area contributed by atoms with Gasteiger partial charge in [-0.25, -0.2) is 14.2 Å². The maximum absolute atomic E-state index is 15.0. The monoisotopic (exact) mass is 565 g/mol. The molecule has 0 amide bonds. The van der Waals surface area contributed by atoms with Gasteiger partial charge in [-0.1, -0.05) is 17.7 Å². The molecular weight excluding hydrogens is 533 g/mol. The Kier molecular flexibility index (Phi) is 7.37. The second-order valence-corrected chi connectivity index (χ2v) is 11.4. The molecule has 2 aromatic carbocycles. The van der Waals surface area contributed by atoms with Crippen molar-refractivity contribution in [1.82, 2.24) is 19.0 Å². The lowest BCUT2D eigenvalue weighted by atomic mass is 9.97. The maximum atomic E-state index is 15.0. The number of phenolic OH excluding ortho intramolecular Hbond substituents is 1. The number of pyridine rings is 1. The number of halogens is 2. The molecule has 3 heterocycles. The van der Waals surface area contributed by atoms with Crippen molar-refractivity contribution in [3.8, 4) is 39.6 Å². The van der Waals surface area contributed by atoms with Gasteiger partial charge in [-0.3, -0.25) is 9.47 Å². The van der Waals surface area contributed by atoms with Gasteiger partial charge in [-0.15, -0.1) is 0 Å². The number of hydrogen-bond acceptors (Lipinski definition) is 6. The summed E-state index contributed by atoms with van der Waals surface area (Å²) in [7, 11) is 3.23. The third-order valence-electron chi connectivity index (χ3n) is 7.45. The lowest BCUT2D eigenvalue weighted by Crippen LogP contribution is -2.53. The number of benzene rings is 2. The zero-order valence-electron chi connectivity index (χ0n) is 23.3. The molecule has 0 unspecified atom stereocenters. The van der Waals surface area contributed by atoms with Gasteiger partial charge in [0.15, 0.2) is 0 Å². The molecular formula is C30H33ClFN5O3. The molecule has 1 saturated heterocycles. The second-order valence-electron chi connectivity index (χ2n) is 11.0. The standard InChI is InChI=1S/C30H33ClFN5O3/c1-30(2,3)36-11-9-35(10-12-36)26-15-20(18-33-28(26)40-5)23-17-21(32)16-22(27(23)38)19-6-7-25(24(31)14-19)37-13-8-34(4)29(37)39/h6-8,13-18,38H,9-12H2,1-5H3. The number of rotatable bonds is 5. The van der Waals surface area contributed by atoms with Gasteiger partial charge in [0.1, 0.15) is 17.3 Å². The lowest BCUT2D eigenvalue weighted by Gasteiger charge is -2.43. The van der Waals surface area contributed by atoms with Gasteiger partial charge >= 0.3 is 5.69 Å². The quantitative estimate of drug-likeness (QED) is 0.352. The molecule has 210 valence electrons. The van der Waals surface area contributed by atoms with E-state index in [2.05, 4.69) is 35.6 Å². The van der Waals surface area contributed by atoms with Crippen LogP contribution in [0.2, 0.25) is 5.02 Å². The SMILES string of the molecule is COc1ncc(-c2cc(F)cc(-c3ccc(-n4ccn(C)c4=O)c(Cl)c3)c2O)cc1N1CCN(C(C)(C)C)CC1. The van der Waals surface area contributed by atoms with E-state index in [-0.39, 0.29) is 22.5 Å². The molecule has 1 aliphatic rings. The van der Waals surface area contributed by atoms with Crippen molar-refractivity contribution < 1.29 is 14.2 Å². The minimum atomic E-state index is -0.515. The largest absolute Gasteiger partial charge is 0.507 e. The van der Waals surface area contributed by atoms with Crippen LogP contribution >= 0.6 is 11.6 Å². The highest BCUT2D eigenvalue weighted by Gasteiger charge is 2.28. The molecule has 1 N–H and O–H groups in total. The Hall–Kier alpha value is -3.82. The zero-order chi connectivity index (χ0) is 28.8. The van der Waals surface area contributed by atoms with Gasteiger partial charge in [0.2, 0.25) is 5.88 Å². The summed E-state index contributed by atoms with van der Waals surface area (Å²) in [6.07, 6.45) is 4.83. The first-order valence-electron chi connectivity index (χ1n) is 13.1. The van der Waals surface area contributed by atoms with E-state index in [1.54, 1.807) is 50.9 Å². The summed E-state index contributed by atoms with van der Waals surface area (Å²) >= 11 is 6.55. The molecule has 0 atom stereocenters. The van der Waals surface area contributed by atoms with Crippen LogP contribution in [0.1, 0.15) is 20.8 Å². The highest BCUT2D eigenvalue weighted by Crippen LogP contribution is 2.42. The summed E-state index contributed by atoms with van der Waals surface area (Å²) in [4.78, 5) is 21.5.